The Hall–Kier alpha value is -3.08. The summed E-state index contributed by atoms with van der Waals surface area (Å²) in [5.74, 6) is 0.344. The van der Waals surface area contributed by atoms with E-state index < -0.39 is 0 Å². The molecule has 1 amide bonds. The molecule has 3 aromatic rings. The second kappa shape index (κ2) is 7.04. The van der Waals surface area contributed by atoms with Crippen molar-refractivity contribution < 1.29 is 4.79 Å². The lowest BCUT2D eigenvalue weighted by Crippen LogP contribution is -2.24. The van der Waals surface area contributed by atoms with Gasteiger partial charge in [0.2, 0.25) is 5.91 Å². The van der Waals surface area contributed by atoms with Crippen LogP contribution in [0.4, 0.5) is 5.82 Å². The van der Waals surface area contributed by atoms with E-state index in [0.29, 0.717) is 12.4 Å². The predicted molar refractivity (Wildman–Crippen MR) is 107 cm³/mol. The van der Waals surface area contributed by atoms with Gasteiger partial charge >= 0.3 is 0 Å². The number of amides is 1. The summed E-state index contributed by atoms with van der Waals surface area (Å²) in [5.41, 5.74) is 11.4. The molecule has 0 bridgehead atoms. The molecular weight excluding hydrogens is 324 g/mol. The number of nitrogens with zero attached hydrogens (tertiary/aromatic N) is 3. The van der Waals surface area contributed by atoms with Gasteiger partial charge in [0.15, 0.2) is 0 Å². The van der Waals surface area contributed by atoms with Gasteiger partial charge in [-0.1, -0.05) is 18.2 Å². The number of rotatable bonds is 4. The first-order valence-corrected chi connectivity index (χ1v) is 8.57. The molecule has 1 aromatic carbocycles. The van der Waals surface area contributed by atoms with Crippen molar-refractivity contribution in [1.29, 1.82) is 0 Å². The van der Waals surface area contributed by atoms with Gasteiger partial charge in [0.1, 0.15) is 5.82 Å². The molecule has 0 atom stereocenters. The number of anilines is 1. The van der Waals surface area contributed by atoms with Crippen LogP contribution < -0.4 is 5.73 Å². The Morgan fingerprint density at radius 2 is 2.04 bits per heavy atom. The minimum Gasteiger partial charge on any atom is -0.383 e. The zero-order valence-corrected chi connectivity index (χ0v) is 15.7. The van der Waals surface area contributed by atoms with E-state index in [1.54, 1.807) is 29.3 Å². The van der Waals surface area contributed by atoms with Crippen molar-refractivity contribution in [3.8, 4) is 0 Å². The van der Waals surface area contributed by atoms with E-state index >= 15 is 0 Å². The molecule has 0 aliphatic heterocycles. The van der Waals surface area contributed by atoms with E-state index in [9.17, 15) is 4.79 Å². The number of aromatic nitrogens is 2. The Bertz CT molecular complexity index is 1000. The number of hydrogen-bond donors (Lipinski definition) is 1. The number of hydrogen-bond acceptors (Lipinski definition) is 3. The first-order valence-electron chi connectivity index (χ1n) is 8.57. The van der Waals surface area contributed by atoms with E-state index in [0.717, 1.165) is 5.56 Å². The molecule has 0 radical (unpaired) electrons. The normalized spacial score (nSPS) is 11.4. The summed E-state index contributed by atoms with van der Waals surface area (Å²) in [6.45, 7) is 4.76. The lowest BCUT2D eigenvalue weighted by molar-refractivity contribution is -0.125. The van der Waals surface area contributed by atoms with E-state index in [2.05, 4.69) is 48.6 Å². The molecule has 3 rings (SSSR count). The molecule has 2 aromatic heterocycles. The van der Waals surface area contributed by atoms with Gasteiger partial charge in [-0.3, -0.25) is 4.79 Å². The largest absolute Gasteiger partial charge is 0.383 e. The van der Waals surface area contributed by atoms with Crippen molar-refractivity contribution in [2.24, 2.45) is 7.05 Å². The molecule has 0 saturated carbocycles. The van der Waals surface area contributed by atoms with Gasteiger partial charge in [-0.2, -0.15) is 0 Å². The monoisotopic (exact) mass is 348 g/mol. The SMILES string of the molecule is Cc1cccc2c(CN(C)C(=O)/C=C/c3cccnc3N)c(C)n(C)c12. The molecule has 0 saturated heterocycles. The standard InChI is InChI=1S/C21H24N4O/c1-14-7-5-9-17-18(15(2)25(4)20(14)17)13-24(3)19(26)11-10-16-8-6-12-23-21(16)22/h5-12H,13H2,1-4H3,(H2,22,23)/b11-10+. The third kappa shape index (κ3) is 3.20. The second-order valence-corrected chi connectivity index (χ2v) is 6.60. The van der Waals surface area contributed by atoms with Gasteiger partial charge in [-0.15, -0.1) is 0 Å². The lowest BCUT2D eigenvalue weighted by Gasteiger charge is -2.16. The Balaban J connectivity index is 1.84. The Morgan fingerprint density at radius 1 is 1.27 bits per heavy atom. The molecule has 0 aliphatic rings. The number of nitrogens with two attached hydrogens (primary N) is 1. The first kappa shape index (κ1) is 17.7. The molecule has 0 unspecified atom stereocenters. The third-order valence-electron chi connectivity index (χ3n) is 4.89. The van der Waals surface area contributed by atoms with Crippen LogP contribution in [0.2, 0.25) is 0 Å². The average molecular weight is 348 g/mol. The van der Waals surface area contributed by atoms with Gasteiger partial charge in [0, 0.05) is 49.6 Å². The number of carbonyl (C=O) groups excluding carboxylic acids is 1. The van der Waals surface area contributed by atoms with Crippen molar-refractivity contribution >= 4 is 28.7 Å². The van der Waals surface area contributed by atoms with Gasteiger partial charge in [-0.25, -0.2) is 4.98 Å². The zero-order chi connectivity index (χ0) is 18.8. The maximum absolute atomic E-state index is 12.5. The predicted octanol–water partition coefficient (Wildman–Crippen LogP) is 3.44. The number of pyridine rings is 1. The number of aryl methyl sites for hydroxylation is 2. The second-order valence-electron chi connectivity index (χ2n) is 6.60. The summed E-state index contributed by atoms with van der Waals surface area (Å²) in [7, 11) is 3.88. The number of para-hydroxylation sites is 1. The summed E-state index contributed by atoms with van der Waals surface area (Å²) in [5, 5.41) is 1.20. The molecule has 2 N–H and O–H groups in total. The Labute approximate surface area is 153 Å². The van der Waals surface area contributed by atoms with Crippen LogP contribution in [0.3, 0.4) is 0 Å². The highest BCUT2D eigenvalue weighted by Crippen LogP contribution is 2.28. The topological polar surface area (TPSA) is 64.2 Å². The third-order valence-corrected chi connectivity index (χ3v) is 4.89. The van der Waals surface area contributed by atoms with Crippen LogP contribution in [0.5, 0.6) is 0 Å². The van der Waals surface area contributed by atoms with Gasteiger partial charge in [-0.05, 0) is 43.2 Å². The van der Waals surface area contributed by atoms with Crippen LogP contribution in [0, 0.1) is 13.8 Å². The van der Waals surface area contributed by atoms with Crippen molar-refractivity contribution in [3.05, 3.63) is 65.0 Å². The van der Waals surface area contributed by atoms with Crippen molar-refractivity contribution in [1.82, 2.24) is 14.5 Å². The Morgan fingerprint density at radius 3 is 2.77 bits per heavy atom. The minimum atomic E-state index is -0.0719. The summed E-state index contributed by atoms with van der Waals surface area (Å²) >= 11 is 0. The van der Waals surface area contributed by atoms with E-state index in [1.807, 2.05) is 13.1 Å². The maximum atomic E-state index is 12.5. The van der Waals surface area contributed by atoms with E-state index in [1.165, 1.54) is 27.7 Å². The van der Waals surface area contributed by atoms with Crippen LogP contribution in [0.15, 0.2) is 42.6 Å². The molecule has 0 spiro atoms. The molecule has 134 valence electrons. The summed E-state index contributed by atoms with van der Waals surface area (Å²) in [4.78, 5) is 18.3. The number of nitrogen functional groups attached to an aromatic ring is 1. The summed E-state index contributed by atoms with van der Waals surface area (Å²) in [6, 6.07) is 9.93. The first-order chi connectivity index (χ1) is 12.4. The molecule has 5 heteroatoms. The zero-order valence-electron chi connectivity index (χ0n) is 15.7. The number of benzene rings is 1. The van der Waals surface area contributed by atoms with Crippen LogP contribution in [0.25, 0.3) is 17.0 Å². The molecular formula is C21H24N4O. The highest BCUT2D eigenvalue weighted by Gasteiger charge is 2.16. The number of fused-ring (bicyclic) bond motifs is 1. The van der Waals surface area contributed by atoms with Gasteiger partial charge < -0.3 is 15.2 Å². The lowest BCUT2D eigenvalue weighted by atomic mass is 10.1. The van der Waals surface area contributed by atoms with Crippen molar-refractivity contribution in [3.63, 3.8) is 0 Å². The number of likely N-dealkylation sites (N-methyl/N-ethyl adjacent to an activating group) is 1. The van der Waals surface area contributed by atoms with E-state index in [4.69, 9.17) is 5.73 Å². The average Bonchev–Trinajstić information content (AvgIpc) is 2.86. The van der Waals surface area contributed by atoms with Crippen LogP contribution in [0.1, 0.15) is 22.4 Å². The summed E-state index contributed by atoms with van der Waals surface area (Å²) in [6.07, 6.45) is 4.88. The fourth-order valence-corrected chi connectivity index (χ4v) is 3.29. The molecule has 26 heavy (non-hydrogen) atoms. The molecule has 0 fully saturated rings. The maximum Gasteiger partial charge on any atom is 0.246 e. The Kier molecular flexibility index (Phi) is 4.80. The van der Waals surface area contributed by atoms with Gasteiger partial charge in [0.25, 0.3) is 0 Å². The fourth-order valence-electron chi connectivity index (χ4n) is 3.29. The quantitative estimate of drug-likeness (QED) is 0.735. The summed E-state index contributed by atoms with van der Waals surface area (Å²) < 4.78 is 2.20. The van der Waals surface area contributed by atoms with E-state index in [-0.39, 0.29) is 5.91 Å². The van der Waals surface area contributed by atoms with Crippen LogP contribution in [-0.4, -0.2) is 27.4 Å². The molecule has 5 nitrogen and oxygen atoms in total. The van der Waals surface area contributed by atoms with Crippen molar-refractivity contribution in [2.45, 2.75) is 20.4 Å². The van der Waals surface area contributed by atoms with Crippen LogP contribution >= 0.6 is 0 Å². The number of carbonyl (C=O) groups is 1. The molecule has 2 heterocycles. The highest BCUT2D eigenvalue weighted by molar-refractivity contribution is 5.93. The molecule has 0 aliphatic carbocycles. The highest BCUT2D eigenvalue weighted by atomic mass is 16.2. The van der Waals surface area contributed by atoms with Gasteiger partial charge in [0.05, 0.1) is 5.52 Å². The van der Waals surface area contributed by atoms with Crippen LogP contribution in [-0.2, 0) is 18.4 Å². The minimum absolute atomic E-state index is 0.0719. The fraction of sp³-hybridized carbons (Fsp3) is 0.238. The van der Waals surface area contributed by atoms with Crippen molar-refractivity contribution in [2.75, 3.05) is 12.8 Å². The smallest absolute Gasteiger partial charge is 0.246 e.